The number of sulfonamides is 1. The summed E-state index contributed by atoms with van der Waals surface area (Å²) in [5.41, 5.74) is 3.07. The molecule has 7 heteroatoms. The number of benzene rings is 2. The Labute approximate surface area is 179 Å². The Morgan fingerprint density at radius 2 is 1.63 bits per heavy atom. The molecule has 2 aromatic carbocycles. The van der Waals surface area contributed by atoms with Crippen LogP contribution < -0.4 is 0 Å². The van der Waals surface area contributed by atoms with Crippen molar-refractivity contribution in [1.29, 1.82) is 0 Å². The van der Waals surface area contributed by atoms with Crippen molar-refractivity contribution in [2.75, 3.05) is 0 Å². The van der Waals surface area contributed by atoms with Gasteiger partial charge in [0.15, 0.2) is 0 Å². The van der Waals surface area contributed by atoms with Crippen LogP contribution in [0.2, 0.25) is 0 Å². The van der Waals surface area contributed by atoms with Crippen LogP contribution in [0.3, 0.4) is 0 Å². The third-order valence-corrected chi connectivity index (χ3v) is 7.28. The van der Waals surface area contributed by atoms with Crippen LogP contribution in [0.1, 0.15) is 57.1 Å². The molecule has 0 spiro atoms. The Hall–Kier alpha value is -2.51. The lowest BCUT2D eigenvalue weighted by molar-refractivity contribution is 0.273. The van der Waals surface area contributed by atoms with Gasteiger partial charge in [-0.05, 0) is 43.9 Å². The van der Waals surface area contributed by atoms with Gasteiger partial charge >= 0.3 is 0 Å². The van der Waals surface area contributed by atoms with Crippen LogP contribution in [0, 0.1) is 6.92 Å². The quantitative estimate of drug-likeness (QED) is 0.496. The zero-order chi connectivity index (χ0) is 21.9. The number of rotatable bonds is 8. The number of nitrogens with zero attached hydrogens (tertiary/aromatic N) is 3. The molecule has 6 nitrogen and oxygen atoms in total. The van der Waals surface area contributed by atoms with E-state index >= 15 is 0 Å². The Bertz CT molecular complexity index is 1070. The summed E-state index contributed by atoms with van der Waals surface area (Å²) >= 11 is 0. The molecular weight excluding hydrogens is 398 g/mol. The molecule has 0 bridgehead atoms. The van der Waals surface area contributed by atoms with Crippen LogP contribution in [0.4, 0.5) is 0 Å². The smallest absolute Gasteiger partial charge is 0.243 e. The van der Waals surface area contributed by atoms with Gasteiger partial charge in [-0.2, -0.15) is 9.29 Å². The first-order valence-corrected chi connectivity index (χ1v) is 11.7. The van der Waals surface area contributed by atoms with Crippen LogP contribution in [0.15, 0.2) is 57.9 Å². The van der Waals surface area contributed by atoms with Gasteiger partial charge in [-0.25, -0.2) is 8.42 Å². The van der Waals surface area contributed by atoms with E-state index in [9.17, 15) is 8.42 Å². The van der Waals surface area contributed by atoms with E-state index in [1.807, 2.05) is 57.2 Å². The predicted molar refractivity (Wildman–Crippen MR) is 117 cm³/mol. The summed E-state index contributed by atoms with van der Waals surface area (Å²) in [4.78, 5) is 4.70. The molecule has 0 radical (unpaired) electrons. The molecular formula is C23H29N3O3S. The van der Waals surface area contributed by atoms with Crippen LogP contribution in [-0.4, -0.2) is 28.9 Å². The molecule has 1 atom stereocenters. The first-order chi connectivity index (χ1) is 14.2. The first kappa shape index (κ1) is 22.2. The predicted octanol–water partition coefficient (Wildman–Crippen LogP) is 5.16. The lowest BCUT2D eigenvalue weighted by Gasteiger charge is -2.26. The molecule has 0 N–H and O–H groups in total. The van der Waals surface area contributed by atoms with Gasteiger partial charge in [0, 0.05) is 11.6 Å². The molecule has 3 aromatic rings. The molecule has 0 saturated heterocycles. The molecule has 1 unspecified atom stereocenters. The summed E-state index contributed by atoms with van der Waals surface area (Å²) in [6.45, 7) is 10.0. The fourth-order valence-corrected chi connectivity index (χ4v) is 4.77. The molecule has 30 heavy (non-hydrogen) atoms. The van der Waals surface area contributed by atoms with E-state index in [4.69, 9.17) is 4.52 Å². The lowest BCUT2D eigenvalue weighted by atomic mass is 10.0. The van der Waals surface area contributed by atoms with E-state index in [0.717, 1.165) is 16.7 Å². The minimum atomic E-state index is -3.71. The Balaban J connectivity index is 1.88. The van der Waals surface area contributed by atoms with Crippen molar-refractivity contribution in [3.8, 4) is 11.4 Å². The largest absolute Gasteiger partial charge is 0.338 e. The minimum Gasteiger partial charge on any atom is -0.338 e. The van der Waals surface area contributed by atoms with Gasteiger partial charge < -0.3 is 4.52 Å². The molecule has 0 aliphatic heterocycles. The molecule has 3 rings (SSSR count). The van der Waals surface area contributed by atoms with Crippen molar-refractivity contribution in [2.24, 2.45) is 0 Å². The van der Waals surface area contributed by atoms with E-state index in [2.05, 4.69) is 24.0 Å². The molecule has 1 aromatic heterocycles. The van der Waals surface area contributed by atoms with Crippen molar-refractivity contribution in [3.63, 3.8) is 0 Å². The Morgan fingerprint density at radius 1 is 1.00 bits per heavy atom. The molecule has 0 aliphatic rings. The Kier molecular flexibility index (Phi) is 6.73. The zero-order valence-corrected chi connectivity index (χ0v) is 19.0. The van der Waals surface area contributed by atoms with E-state index in [1.54, 1.807) is 12.1 Å². The second-order valence-corrected chi connectivity index (χ2v) is 9.80. The minimum absolute atomic E-state index is 0.0299. The highest BCUT2D eigenvalue weighted by molar-refractivity contribution is 7.89. The number of aryl methyl sites for hydroxylation is 1. The van der Waals surface area contributed by atoms with Gasteiger partial charge in [-0.15, -0.1) is 0 Å². The van der Waals surface area contributed by atoms with Crippen LogP contribution in [0.5, 0.6) is 0 Å². The summed E-state index contributed by atoms with van der Waals surface area (Å²) in [7, 11) is -3.71. The SMILES string of the molecule is CCC(C)N(Cc1nc(-c2ccc(C)cc2)no1)S(=O)(=O)c1ccc(C(C)C)cc1. The first-order valence-electron chi connectivity index (χ1n) is 10.2. The van der Waals surface area contributed by atoms with Crippen molar-refractivity contribution in [2.45, 2.75) is 64.4 Å². The fourth-order valence-electron chi connectivity index (χ4n) is 3.11. The molecule has 0 fully saturated rings. The second kappa shape index (κ2) is 9.10. The molecule has 160 valence electrons. The summed E-state index contributed by atoms with van der Waals surface area (Å²) in [6, 6.07) is 14.7. The van der Waals surface area contributed by atoms with Crippen LogP contribution in [-0.2, 0) is 16.6 Å². The van der Waals surface area contributed by atoms with Gasteiger partial charge in [0.2, 0.25) is 21.7 Å². The average molecular weight is 428 g/mol. The number of hydrogen-bond donors (Lipinski definition) is 0. The highest BCUT2D eigenvalue weighted by Gasteiger charge is 2.30. The van der Waals surface area contributed by atoms with Crippen molar-refractivity contribution in [1.82, 2.24) is 14.4 Å². The van der Waals surface area contributed by atoms with E-state index in [1.165, 1.54) is 4.31 Å². The molecule has 0 aliphatic carbocycles. The van der Waals surface area contributed by atoms with Crippen molar-refractivity contribution >= 4 is 10.0 Å². The van der Waals surface area contributed by atoms with Gasteiger partial charge in [0.05, 0.1) is 11.4 Å². The monoisotopic (exact) mass is 427 g/mol. The number of hydrogen-bond acceptors (Lipinski definition) is 5. The highest BCUT2D eigenvalue weighted by Crippen LogP contribution is 2.25. The molecule has 0 saturated carbocycles. The lowest BCUT2D eigenvalue weighted by Crippen LogP contribution is -2.37. The van der Waals surface area contributed by atoms with Crippen molar-refractivity contribution in [3.05, 3.63) is 65.5 Å². The summed E-state index contributed by atoms with van der Waals surface area (Å²) in [6.07, 6.45) is 0.669. The van der Waals surface area contributed by atoms with Crippen LogP contribution in [0.25, 0.3) is 11.4 Å². The maximum Gasteiger partial charge on any atom is 0.243 e. The van der Waals surface area contributed by atoms with E-state index in [0.29, 0.717) is 18.2 Å². The average Bonchev–Trinajstić information content (AvgIpc) is 3.20. The Morgan fingerprint density at radius 3 is 2.20 bits per heavy atom. The van der Waals surface area contributed by atoms with E-state index < -0.39 is 10.0 Å². The zero-order valence-electron chi connectivity index (χ0n) is 18.2. The maximum absolute atomic E-state index is 13.4. The summed E-state index contributed by atoms with van der Waals surface area (Å²) in [5, 5.41) is 4.03. The third-order valence-electron chi connectivity index (χ3n) is 5.30. The van der Waals surface area contributed by atoms with Gasteiger partial charge in [0.25, 0.3) is 0 Å². The van der Waals surface area contributed by atoms with Crippen molar-refractivity contribution < 1.29 is 12.9 Å². The third kappa shape index (κ3) is 4.79. The summed E-state index contributed by atoms with van der Waals surface area (Å²) < 4.78 is 33.6. The number of aromatic nitrogens is 2. The molecule has 1 heterocycles. The topological polar surface area (TPSA) is 76.3 Å². The normalized spacial score (nSPS) is 13.2. The van der Waals surface area contributed by atoms with Crippen LogP contribution >= 0.6 is 0 Å². The van der Waals surface area contributed by atoms with Gasteiger partial charge in [-0.3, -0.25) is 0 Å². The molecule has 0 amide bonds. The summed E-state index contributed by atoms with van der Waals surface area (Å²) in [5.74, 6) is 1.06. The van der Waals surface area contributed by atoms with E-state index in [-0.39, 0.29) is 23.4 Å². The maximum atomic E-state index is 13.4. The standard InChI is InChI=1S/C23H29N3O3S/c1-6-18(5)26(30(27,28)21-13-11-19(12-14-21)16(2)3)15-22-24-23(25-29-22)20-9-7-17(4)8-10-20/h7-14,16,18H,6,15H2,1-5H3. The highest BCUT2D eigenvalue weighted by atomic mass is 32.2. The van der Waals surface area contributed by atoms with Gasteiger partial charge in [0.1, 0.15) is 0 Å². The second-order valence-electron chi connectivity index (χ2n) is 7.91. The van der Waals surface area contributed by atoms with Gasteiger partial charge in [-0.1, -0.05) is 67.9 Å². The fraction of sp³-hybridized carbons (Fsp3) is 0.391.